The van der Waals surface area contributed by atoms with Crippen molar-refractivity contribution in [3.8, 4) is 0 Å². The third-order valence-corrected chi connectivity index (χ3v) is 5.11. The predicted molar refractivity (Wildman–Crippen MR) is 74.0 cm³/mol. The number of fused-ring (bicyclic) bond motifs is 2. The maximum Gasteiger partial charge on any atom is 0.324 e. The van der Waals surface area contributed by atoms with Crippen molar-refractivity contribution in [3.05, 3.63) is 23.0 Å². The van der Waals surface area contributed by atoms with Crippen LogP contribution < -0.4 is 5.56 Å². The van der Waals surface area contributed by atoms with Crippen molar-refractivity contribution in [2.24, 2.45) is 0 Å². The average Bonchev–Trinajstić information content (AvgIpc) is 3.01. The van der Waals surface area contributed by atoms with Gasteiger partial charge in [-0.25, -0.2) is 9.97 Å². The highest BCUT2D eigenvalue weighted by Gasteiger charge is 2.44. The zero-order valence-corrected chi connectivity index (χ0v) is 12.3. The number of hydrogen-bond donors (Lipinski definition) is 2. The molecule has 4 rings (SSSR count). The number of hydrogen-bond acceptors (Lipinski definition) is 7. The van der Waals surface area contributed by atoms with E-state index in [2.05, 4.69) is 15.0 Å². The Hall–Kier alpha value is -1.16. The van der Waals surface area contributed by atoms with E-state index in [1.54, 1.807) is 4.57 Å². The van der Waals surface area contributed by atoms with Gasteiger partial charge >= 0.3 is 6.72 Å². The molecule has 11 heteroatoms. The van der Waals surface area contributed by atoms with Gasteiger partial charge in [-0.3, -0.25) is 9.36 Å². The second-order valence-electron chi connectivity index (χ2n) is 4.83. The van der Waals surface area contributed by atoms with E-state index >= 15 is 0 Å². The SMILES string of the molecule is O=c1[nH]cnc2c1ncn2[C@H]1C[C@@H]2OP(O)(=S)OC[C@H]2O1. The van der Waals surface area contributed by atoms with Gasteiger partial charge in [0.05, 0.1) is 25.4 Å². The molecular weight excluding hydrogens is 319 g/mol. The lowest BCUT2D eigenvalue weighted by Gasteiger charge is -2.29. The van der Waals surface area contributed by atoms with Gasteiger partial charge in [-0.2, -0.15) is 0 Å². The first-order valence-electron chi connectivity index (χ1n) is 6.25. The van der Waals surface area contributed by atoms with E-state index in [0.717, 1.165) is 0 Å². The van der Waals surface area contributed by atoms with Crippen LogP contribution in [0.15, 0.2) is 17.4 Å². The molecule has 4 atom stereocenters. The highest BCUT2D eigenvalue weighted by molar-refractivity contribution is 8.07. The van der Waals surface area contributed by atoms with Crippen LogP contribution in [0.4, 0.5) is 0 Å². The minimum atomic E-state index is -3.16. The number of aromatic amines is 1. The summed E-state index contributed by atoms with van der Waals surface area (Å²) in [5.74, 6) is 0. The van der Waals surface area contributed by atoms with Crippen LogP contribution in [0.3, 0.4) is 0 Å². The highest BCUT2D eigenvalue weighted by Crippen LogP contribution is 2.52. The number of imidazole rings is 1. The minimum absolute atomic E-state index is 0.190. The Balaban J connectivity index is 1.67. The zero-order valence-electron chi connectivity index (χ0n) is 10.6. The van der Waals surface area contributed by atoms with Gasteiger partial charge in [-0.15, -0.1) is 0 Å². The topological polar surface area (TPSA) is 111 Å². The van der Waals surface area contributed by atoms with Gasteiger partial charge in [0.2, 0.25) is 0 Å². The molecule has 0 amide bonds. The molecule has 9 nitrogen and oxygen atoms in total. The Bertz CT molecular complexity index is 806. The summed E-state index contributed by atoms with van der Waals surface area (Å²) in [6.07, 6.45) is 2.27. The Morgan fingerprint density at radius 1 is 1.48 bits per heavy atom. The Morgan fingerprint density at radius 2 is 2.33 bits per heavy atom. The van der Waals surface area contributed by atoms with Gasteiger partial charge in [0.15, 0.2) is 11.2 Å². The number of aromatic nitrogens is 4. The van der Waals surface area contributed by atoms with Gasteiger partial charge in [-0.05, 0) is 11.8 Å². The molecule has 1 unspecified atom stereocenters. The van der Waals surface area contributed by atoms with Crippen molar-refractivity contribution in [2.45, 2.75) is 24.9 Å². The molecule has 0 radical (unpaired) electrons. The van der Waals surface area contributed by atoms with Crippen molar-refractivity contribution in [3.63, 3.8) is 0 Å². The molecule has 0 aromatic carbocycles. The van der Waals surface area contributed by atoms with Crippen LogP contribution in [-0.2, 0) is 25.6 Å². The average molecular weight is 330 g/mol. The summed E-state index contributed by atoms with van der Waals surface area (Å²) in [5, 5.41) is 0. The van der Waals surface area contributed by atoms with E-state index in [4.69, 9.17) is 25.6 Å². The molecule has 0 aliphatic carbocycles. The van der Waals surface area contributed by atoms with Crippen LogP contribution in [-0.4, -0.2) is 43.2 Å². The number of nitrogens with one attached hydrogen (secondary N) is 1. The predicted octanol–water partition coefficient (Wildman–Crippen LogP) is 0.0393. The first kappa shape index (κ1) is 13.5. The maximum absolute atomic E-state index is 11.6. The molecule has 2 aliphatic rings. The van der Waals surface area contributed by atoms with Gasteiger partial charge in [-0.1, -0.05) is 0 Å². The van der Waals surface area contributed by atoms with Crippen molar-refractivity contribution in [2.75, 3.05) is 6.61 Å². The van der Waals surface area contributed by atoms with E-state index in [-0.39, 0.29) is 29.9 Å². The molecule has 2 aliphatic heterocycles. The summed E-state index contributed by atoms with van der Waals surface area (Å²) in [6, 6.07) is 0. The monoisotopic (exact) mass is 330 g/mol. The largest absolute Gasteiger partial charge is 0.349 e. The van der Waals surface area contributed by atoms with Crippen molar-refractivity contribution in [1.29, 1.82) is 0 Å². The van der Waals surface area contributed by atoms with Gasteiger partial charge in [0.1, 0.15) is 12.3 Å². The standard InChI is InChI=1S/C10H11N4O5PS/c15-10-8-9(11-3-12-10)14(4-13-8)7-1-5-6(18-7)2-17-20(16,21)19-5/h3-7H,1-2H2,(H,16,21)(H,11,12,15)/t5-,6+,7+,20?/m0/s1. The van der Waals surface area contributed by atoms with Gasteiger partial charge < -0.3 is 23.7 Å². The summed E-state index contributed by atoms with van der Waals surface area (Å²) in [4.78, 5) is 32.0. The molecule has 0 saturated carbocycles. The Morgan fingerprint density at radius 3 is 3.19 bits per heavy atom. The third-order valence-electron chi connectivity index (χ3n) is 3.53. The summed E-state index contributed by atoms with van der Waals surface area (Å²) in [6.45, 7) is -2.97. The molecule has 2 saturated heterocycles. The second-order valence-corrected chi connectivity index (χ2v) is 7.62. The fourth-order valence-electron chi connectivity index (χ4n) is 2.58. The lowest BCUT2D eigenvalue weighted by atomic mass is 10.2. The lowest BCUT2D eigenvalue weighted by molar-refractivity contribution is -0.0578. The quantitative estimate of drug-likeness (QED) is 0.705. The highest BCUT2D eigenvalue weighted by atomic mass is 32.5. The molecule has 2 aromatic heterocycles. The van der Waals surface area contributed by atoms with Crippen LogP contribution in [0.1, 0.15) is 12.6 Å². The fraction of sp³-hybridized carbons (Fsp3) is 0.500. The molecule has 21 heavy (non-hydrogen) atoms. The van der Waals surface area contributed by atoms with Crippen LogP contribution in [0.25, 0.3) is 11.2 Å². The summed E-state index contributed by atoms with van der Waals surface area (Å²) in [7, 11) is 0. The molecule has 2 aromatic rings. The smallest absolute Gasteiger partial charge is 0.324 e. The summed E-state index contributed by atoms with van der Waals surface area (Å²) >= 11 is 4.84. The van der Waals surface area contributed by atoms with Crippen molar-refractivity contribution in [1.82, 2.24) is 19.5 Å². The van der Waals surface area contributed by atoms with E-state index in [1.165, 1.54) is 12.7 Å². The molecule has 2 N–H and O–H groups in total. The third kappa shape index (κ3) is 2.24. The Kier molecular flexibility index (Phi) is 3.00. The summed E-state index contributed by atoms with van der Waals surface area (Å²) < 4.78 is 18.0. The normalized spacial score (nSPS) is 36.0. The summed E-state index contributed by atoms with van der Waals surface area (Å²) in [5.41, 5.74) is 0.381. The first-order chi connectivity index (χ1) is 10.0. The van der Waals surface area contributed by atoms with E-state index in [0.29, 0.717) is 12.1 Å². The lowest BCUT2D eigenvalue weighted by Crippen LogP contribution is -2.32. The minimum Gasteiger partial charge on any atom is -0.349 e. The first-order valence-corrected chi connectivity index (χ1v) is 8.84. The van der Waals surface area contributed by atoms with E-state index < -0.39 is 12.9 Å². The van der Waals surface area contributed by atoms with E-state index in [9.17, 15) is 9.69 Å². The number of rotatable bonds is 1. The van der Waals surface area contributed by atoms with E-state index in [1.807, 2.05) is 0 Å². The van der Waals surface area contributed by atoms with Crippen LogP contribution in [0.5, 0.6) is 0 Å². The molecule has 2 fully saturated rings. The van der Waals surface area contributed by atoms with Crippen LogP contribution in [0.2, 0.25) is 0 Å². The number of ether oxygens (including phenoxy) is 1. The van der Waals surface area contributed by atoms with Gasteiger partial charge in [0.25, 0.3) is 5.56 Å². The van der Waals surface area contributed by atoms with Gasteiger partial charge in [0, 0.05) is 6.42 Å². The molecular formula is C10H11N4O5PS. The molecule has 112 valence electrons. The molecule has 4 heterocycles. The van der Waals surface area contributed by atoms with Crippen molar-refractivity contribution >= 4 is 29.7 Å². The van der Waals surface area contributed by atoms with Crippen LogP contribution in [0, 0.1) is 0 Å². The molecule has 0 bridgehead atoms. The maximum atomic E-state index is 11.6. The second kappa shape index (κ2) is 4.67. The van der Waals surface area contributed by atoms with Crippen molar-refractivity contribution < 1.29 is 18.7 Å². The zero-order chi connectivity index (χ0) is 14.6. The molecule has 0 spiro atoms. The van der Waals surface area contributed by atoms with Crippen LogP contribution >= 0.6 is 6.72 Å². The fourth-order valence-corrected chi connectivity index (χ4v) is 4.05. The Labute approximate surface area is 123 Å². The number of H-pyrrole nitrogens is 1. The number of nitrogens with zero attached hydrogens (tertiary/aromatic N) is 3.